The Bertz CT molecular complexity index is 2260. The van der Waals surface area contributed by atoms with Crippen molar-refractivity contribution in [3.8, 4) is 16.9 Å². The van der Waals surface area contributed by atoms with Gasteiger partial charge in [0.15, 0.2) is 0 Å². The summed E-state index contributed by atoms with van der Waals surface area (Å²) in [4.78, 5) is 11.9. The molecular formula is C40H33N4OPtS-. The van der Waals surface area contributed by atoms with E-state index < -0.39 is 0 Å². The number of anilines is 3. The molecule has 2 aromatic heterocycles. The van der Waals surface area contributed by atoms with Crippen LogP contribution in [-0.4, -0.2) is 20.0 Å². The fourth-order valence-corrected chi connectivity index (χ4v) is 7.02. The third kappa shape index (κ3) is 5.65. The molecule has 5 aromatic carbocycles. The minimum absolute atomic E-state index is 0. The largest absolute Gasteiger partial charge is 0.319 e. The fraction of sp³-hybridized carbons (Fsp3) is 0.125. The van der Waals surface area contributed by atoms with Crippen LogP contribution in [0.4, 0.5) is 17.1 Å². The van der Waals surface area contributed by atoms with E-state index in [0.717, 1.165) is 54.7 Å². The normalized spacial score (nSPS) is 12.9. The summed E-state index contributed by atoms with van der Waals surface area (Å²) in [5.74, 6) is 0.872. The van der Waals surface area contributed by atoms with Crippen LogP contribution in [0.15, 0.2) is 131 Å². The minimum atomic E-state index is -0.158. The van der Waals surface area contributed by atoms with Crippen molar-refractivity contribution in [3.63, 3.8) is 0 Å². The molecule has 1 aliphatic rings. The Morgan fingerprint density at radius 1 is 0.723 bits per heavy atom. The van der Waals surface area contributed by atoms with Gasteiger partial charge in [-0.1, -0.05) is 60.1 Å². The van der Waals surface area contributed by atoms with Crippen molar-refractivity contribution in [3.05, 3.63) is 139 Å². The van der Waals surface area contributed by atoms with Crippen LogP contribution in [0.3, 0.4) is 0 Å². The summed E-state index contributed by atoms with van der Waals surface area (Å²) in [6.45, 7) is 8.67. The van der Waals surface area contributed by atoms with Crippen molar-refractivity contribution in [1.82, 2.24) is 9.55 Å². The average molecular weight is 813 g/mol. The summed E-state index contributed by atoms with van der Waals surface area (Å²) < 4.78 is 2.23. The number of rotatable bonds is 5. The molecule has 8 rings (SSSR count). The molecule has 0 radical (unpaired) electrons. The summed E-state index contributed by atoms with van der Waals surface area (Å²) in [7, 11) is 0. The predicted octanol–water partition coefficient (Wildman–Crippen LogP) is 10.5. The average Bonchev–Trinajstić information content (AvgIpc) is 3.62. The summed E-state index contributed by atoms with van der Waals surface area (Å²) >= 11 is 1.65. The molecule has 47 heavy (non-hydrogen) atoms. The Kier molecular flexibility index (Phi) is 8.21. The molecule has 7 heteroatoms. The van der Waals surface area contributed by atoms with Gasteiger partial charge < -0.3 is 4.57 Å². The molecule has 1 aliphatic heterocycles. The van der Waals surface area contributed by atoms with E-state index in [0.29, 0.717) is 0 Å². The molecule has 0 bridgehead atoms. The van der Waals surface area contributed by atoms with Crippen LogP contribution < -0.4 is 10.1 Å². The number of nitrogens with zero attached hydrogens (tertiary/aromatic N) is 4. The third-order valence-corrected chi connectivity index (χ3v) is 9.26. The van der Waals surface area contributed by atoms with Gasteiger partial charge in [-0.05, 0) is 80.1 Å². The van der Waals surface area contributed by atoms with Crippen LogP contribution in [-0.2, 0) is 21.1 Å². The van der Waals surface area contributed by atoms with Gasteiger partial charge in [0.05, 0.1) is 0 Å². The first-order valence-electron chi connectivity index (χ1n) is 15.4. The van der Waals surface area contributed by atoms with Crippen LogP contribution in [0, 0.1) is 19.1 Å². The number of aromatic nitrogens is 2. The fourth-order valence-electron chi connectivity index (χ4n) is 6.20. The Morgan fingerprint density at radius 3 is 2.30 bits per heavy atom. The van der Waals surface area contributed by atoms with Crippen molar-refractivity contribution < 1.29 is 26.0 Å². The number of benzene rings is 5. The molecule has 0 unspecified atom stereocenters. The molecule has 236 valence electrons. The molecule has 0 amide bonds. The Labute approximate surface area is 294 Å². The first kappa shape index (κ1) is 31.3. The standard InChI is InChI=1S/C40H32N4OS.Pt/c1-27-12-5-6-15-32(27)28-22-23-41-39(24-28)42-35-17-8-7-16-33(35)34-21-20-31(26-38(34)42)46-30-14-11-13-29(25-30)43-36-18-9-10-19-37(36)44(45-43)40(2,3)4;/h5-24H,1-4H3;/q-2;/p+1. The molecule has 0 fully saturated rings. The number of hydrogen-bond acceptors (Lipinski definition) is 4. The van der Waals surface area contributed by atoms with Crippen molar-refractivity contribution in [2.45, 2.75) is 43.0 Å². The molecule has 0 saturated heterocycles. The molecule has 3 heterocycles. The quantitative estimate of drug-likeness (QED) is 0.128. The van der Waals surface area contributed by atoms with Crippen LogP contribution in [0.5, 0.6) is 0 Å². The second kappa shape index (κ2) is 12.3. The molecule has 7 aromatic rings. The first-order chi connectivity index (χ1) is 22.3. The van der Waals surface area contributed by atoms with Crippen LogP contribution in [0.1, 0.15) is 26.3 Å². The minimum Gasteiger partial charge on any atom is -0.319 e. The Morgan fingerprint density at radius 2 is 1.47 bits per heavy atom. The molecule has 0 atom stereocenters. The Hall–Kier alpha value is -4.35. The van der Waals surface area contributed by atoms with E-state index in [1.54, 1.807) is 11.8 Å². The molecule has 0 aliphatic carbocycles. The smallest absolute Gasteiger partial charge is 0.145 e. The maximum atomic E-state index is 5.00. The summed E-state index contributed by atoms with van der Waals surface area (Å²) in [6.07, 6.45) is 1.90. The van der Waals surface area contributed by atoms with Gasteiger partial charge in [-0.2, -0.15) is 29.2 Å². The SMILES string of the molecule is Cc1ccccc1-c1ccnc(-n2c3[c-]c(Sc4[c-]c(N5[OH+]N(C(C)(C)C)c6ccccc65)ccc4)ccc3c3ccccc32)c1.[Pt]. The number of pyridine rings is 1. The molecule has 5 nitrogen and oxygen atoms in total. The van der Waals surface area contributed by atoms with Gasteiger partial charge in [-0.3, -0.25) is 0 Å². The maximum absolute atomic E-state index is 5.00. The zero-order valence-electron chi connectivity index (χ0n) is 26.5. The van der Waals surface area contributed by atoms with E-state index in [-0.39, 0.29) is 26.6 Å². The zero-order valence-corrected chi connectivity index (χ0v) is 29.6. The molecule has 0 spiro atoms. The van der Waals surface area contributed by atoms with Crippen LogP contribution in [0.2, 0.25) is 0 Å². The van der Waals surface area contributed by atoms with Crippen molar-refractivity contribution in [1.29, 1.82) is 0 Å². The van der Waals surface area contributed by atoms with Crippen LogP contribution in [0.25, 0.3) is 38.8 Å². The number of aryl methyl sites for hydroxylation is 1. The maximum Gasteiger partial charge on any atom is 0.145 e. The summed E-state index contributed by atoms with van der Waals surface area (Å²) in [6, 6.07) is 47.6. The zero-order chi connectivity index (χ0) is 31.4. The van der Waals surface area contributed by atoms with Crippen LogP contribution >= 0.6 is 11.8 Å². The molecule has 0 saturated carbocycles. The van der Waals surface area contributed by atoms with Gasteiger partial charge in [0, 0.05) is 38.5 Å². The van der Waals surface area contributed by atoms with Gasteiger partial charge in [-0.15, -0.1) is 55.3 Å². The van der Waals surface area contributed by atoms with E-state index in [9.17, 15) is 0 Å². The number of hydrogen-bond donors (Lipinski definition) is 0. The summed E-state index contributed by atoms with van der Waals surface area (Å²) in [5.41, 5.74) is 8.58. The molecular weight excluding hydrogens is 780 g/mol. The topological polar surface area (TPSA) is 37.1 Å². The van der Waals surface area contributed by atoms with Crippen molar-refractivity contribution in [2.75, 3.05) is 10.1 Å². The van der Waals surface area contributed by atoms with E-state index >= 15 is 0 Å². The predicted molar refractivity (Wildman–Crippen MR) is 190 cm³/mol. The van der Waals surface area contributed by atoms with Gasteiger partial charge in [0.2, 0.25) is 0 Å². The van der Waals surface area contributed by atoms with E-state index in [1.165, 1.54) is 16.5 Å². The van der Waals surface area contributed by atoms with E-state index in [1.807, 2.05) is 11.3 Å². The number of fused-ring (bicyclic) bond motifs is 4. The van der Waals surface area contributed by atoms with Gasteiger partial charge in [0.25, 0.3) is 0 Å². The monoisotopic (exact) mass is 812 g/mol. The van der Waals surface area contributed by atoms with Gasteiger partial charge >= 0.3 is 0 Å². The number of para-hydroxylation sites is 3. The summed E-state index contributed by atoms with van der Waals surface area (Å²) in [5, 5.41) is 6.40. The second-order valence-corrected chi connectivity index (χ2v) is 13.6. The first-order valence-corrected chi connectivity index (χ1v) is 16.3. The van der Waals surface area contributed by atoms with Gasteiger partial charge in [-0.25, -0.2) is 4.98 Å². The van der Waals surface area contributed by atoms with Crippen molar-refractivity contribution in [2.24, 2.45) is 0 Å². The van der Waals surface area contributed by atoms with Crippen molar-refractivity contribution >= 4 is 50.6 Å². The Balaban J connectivity index is 0.00000351. The van der Waals surface area contributed by atoms with Gasteiger partial charge in [0.1, 0.15) is 22.7 Å². The molecule has 1 N–H and O–H groups in total. The van der Waals surface area contributed by atoms with E-state index in [2.05, 4.69) is 165 Å². The van der Waals surface area contributed by atoms with E-state index in [4.69, 9.17) is 9.92 Å². The second-order valence-electron chi connectivity index (χ2n) is 12.5. The third-order valence-electron chi connectivity index (χ3n) is 8.34. The number of hydroxylamine groups is 1.